The minimum Gasteiger partial charge on any atom is -0.364 e. The first-order valence-electron chi connectivity index (χ1n) is 6.90. The molecule has 1 aromatic heterocycles. The van der Waals surface area contributed by atoms with Crippen molar-refractivity contribution in [2.45, 2.75) is 26.3 Å². The highest BCUT2D eigenvalue weighted by Crippen LogP contribution is 2.17. The number of anilines is 1. The van der Waals surface area contributed by atoms with E-state index in [0.29, 0.717) is 24.4 Å². The predicted molar refractivity (Wildman–Crippen MR) is 84.8 cm³/mol. The SMILES string of the molecule is CCCC(=O)Nc1ncn(Cc2cccc(Cl)c2)c1C(N)=O. The van der Waals surface area contributed by atoms with E-state index in [1.165, 1.54) is 6.33 Å². The van der Waals surface area contributed by atoms with E-state index in [0.717, 1.165) is 5.56 Å². The lowest BCUT2D eigenvalue weighted by Gasteiger charge is -2.08. The minimum absolute atomic E-state index is 0.171. The van der Waals surface area contributed by atoms with Gasteiger partial charge in [-0.1, -0.05) is 30.7 Å². The maximum Gasteiger partial charge on any atom is 0.269 e. The molecule has 22 heavy (non-hydrogen) atoms. The molecule has 0 atom stereocenters. The Balaban J connectivity index is 2.27. The fraction of sp³-hybridized carbons (Fsp3) is 0.267. The number of carbonyl (C=O) groups is 2. The molecule has 0 aliphatic heterocycles. The summed E-state index contributed by atoms with van der Waals surface area (Å²) in [6.45, 7) is 2.28. The number of hydrogen-bond donors (Lipinski definition) is 2. The Morgan fingerprint density at radius 1 is 1.41 bits per heavy atom. The van der Waals surface area contributed by atoms with E-state index >= 15 is 0 Å². The lowest BCUT2D eigenvalue weighted by atomic mass is 10.2. The van der Waals surface area contributed by atoms with E-state index in [9.17, 15) is 9.59 Å². The van der Waals surface area contributed by atoms with Crippen molar-refractivity contribution in [2.24, 2.45) is 5.73 Å². The Morgan fingerprint density at radius 2 is 2.18 bits per heavy atom. The van der Waals surface area contributed by atoms with E-state index in [1.807, 2.05) is 19.1 Å². The second-order valence-corrected chi connectivity index (χ2v) is 5.30. The average Bonchev–Trinajstić information content (AvgIpc) is 2.81. The van der Waals surface area contributed by atoms with Gasteiger partial charge in [-0.2, -0.15) is 0 Å². The van der Waals surface area contributed by atoms with E-state index in [2.05, 4.69) is 10.3 Å². The summed E-state index contributed by atoms with van der Waals surface area (Å²) in [6.07, 6.45) is 2.54. The second kappa shape index (κ2) is 7.09. The normalized spacial score (nSPS) is 10.5. The van der Waals surface area contributed by atoms with E-state index in [4.69, 9.17) is 17.3 Å². The van der Waals surface area contributed by atoms with Crippen LogP contribution in [0.15, 0.2) is 30.6 Å². The van der Waals surface area contributed by atoms with Gasteiger partial charge in [0.25, 0.3) is 5.91 Å². The van der Waals surface area contributed by atoms with Gasteiger partial charge in [-0.3, -0.25) is 9.59 Å². The number of hydrogen-bond acceptors (Lipinski definition) is 3. The highest BCUT2D eigenvalue weighted by Gasteiger charge is 2.18. The van der Waals surface area contributed by atoms with Crippen LogP contribution in [0.3, 0.4) is 0 Å². The smallest absolute Gasteiger partial charge is 0.269 e. The van der Waals surface area contributed by atoms with Crippen molar-refractivity contribution in [1.82, 2.24) is 9.55 Å². The Bertz CT molecular complexity index is 697. The summed E-state index contributed by atoms with van der Waals surface area (Å²) in [5.74, 6) is -0.655. The van der Waals surface area contributed by atoms with Crippen molar-refractivity contribution in [2.75, 3.05) is 5.32 Å². The predicted octanol–water partition coefficient (Wildman–Crippen LogP) is 2.42. The summed E-state index contributed by atoms with van der Waals surface area (Å²) < 4.78 is 1.59. The molecule has 0 saturated heterocycles. The van der Waals surface area contributed by atoms with Crippen molar-refractivity contribution in [3.8, 4) is 0 Å². The van der Waals surface area contributed by atoms with Gasteiger partial charge in [-0.25, -0.2) is 4.98 Å². The summed E-state index contributed by atoms with van der Waals surface area (Å²) >= 11 is 5.95. The van der Waals surface area contributed by atoms with Gasteiger partial charge in [0, 0.05) is 18.0 Å². The van der Waals surface area contributed by atoms with E-state index in [-0.39, 0.29) is 17.4 Å². The fourth-order valence-corrected chi connectivity index (χ4v) is 2.32. The molecule has 0 aliphatic rings. The highest BCUT2D eigenvalue weighted by atomic mass is 35.5. The number of carbonyl (C=O) groups excluding carboxylic acids is 2. The molecule has 2 aromatic rings. The molecule has 0 unspecified atom stereocenters. The molecule has 0 fully saturated rings. The van der Waals surface area contributed by atoms with Crippen LogP contribution in [0.25, 0.3) is 0 Å². The van der Waals surface area contributed by atoms with Gasteiger partial charge < -0.3 is 15.6 Å². The molecule has 2 amide bonds. The lowest BCUT2D eigenvalue weighted by Crippen LogP contribution is -2.21. The molecule has 116 valence electrons. The number of nitrogens with one attached hydrogen (secondary N) is 1. The quantitative estimate of drug-likeness (QED) is 0.856. The van der Waals surface area contributed by atoms with Crippen LogP contribution in [0.4, 0.5) is 5.82 Å². The molecule has 0 bridgehead atoms. The molecule has 0 saturated carbocycles. The first-order chi connectivity index (χ1) is 10.5. The molecule has 0 aliphatic carbocycles. The first-order valence-corrected chi connectivity index (χ1v) is 7.28. The van der Waals surface area contributed by atoms with Crippen molar-refractivity contribution in [1.29, 1.82) is 0 Å². The van der Waals surface area contributed by atoms with Gasteiger partial charge in [0.1, 0.15) is 0 Å². The summed E-state index contributed by atoms with van der Waals surface area (Å²) in [6, 6.07) is 7.26. The summed E-state index contributed by atoms with van der Waals surface area (Å²) in [5.41, 5.74) is 6.49. The Hall–Kier alpha value is -2.34. The van der Waals surface area contributed by atoms with Gasteiger partial charge >= 0.3 is 0 Å². The summed E-state index contributed by atoms with van der Waals surface area (Å²) in [5, 5.41) is 3.22. The van der Waals surface area contributed by atoms with Crippen LogP contribution < -0.4 is 11.1 Å². The number of rotatable bonds is 6. The Kier molecular flexibility index (Phi) is 5.16. The van der Waals surface area contributed by atoms with Crippen LogP contribution in [0.2, 0.25) is 5.02 Å². The van der Waals surface area contributed by atoms with Crippen molar-refractivity contribution < 1.29 is 9.59 Å². The van der Waals surface area contributed by atoms with E-state index in [1.54, 1.807) is 16.7 Å². The third-order valence-electron chi connectivity index (χ3n) is 3.05. The molecule has 2 rings (SSSR count). The summed E-state index contributed by atoms with van der Waals surface area (Å²) in [7, 11) is 0. The number of aromatic nitrogens is 2. The number of halogens is 1. The standard InChI is InChI=1S/C15H17ClN4O2/c1-2-4-12(21)19-15-13(14(17)22)20(9-18-15)8-10-5-3-6-11(16)7-10/h3,5-7,9H,2,4,8H2,1H3,(H2,17,22)(H,19,21). The van der Waals surface area contributed by atoms with Crippen molar-refractivity contribution in [3.63, 3.8) is 0 Å². The molecule has 7 heteroatoms. The van der Waals surface area contributed by atoms with Crippen LogP contribution in [-0.2, 0) is 11.3 Å². The van der Waals surface area contributed by atoms with Crippen LogP contribution >= 0.6 is 11.6 Å². The zero-order chi connectivity index (χ0) is 16.1. The second-order valence-electron chi connectivity index (χ2n) is 4.86. The first kappa shape index (κ1) is 16.0. The molecule has 6 nitrogen and oxygen atoms in total. The zero-order valence-electron chi connectivity index (χ0n) is 12.2. The van der Waals surface area contributed by atoms with Gasteiger partial charge in [0.15, 0.2) is 11.5 Å². The van der Waals surface area contributed by atoms with Gasteiger partial charge in [-0.05, 0) is 24.1 Å². The lowest BCUT2D eigenvalue weighted by molar-refractivity contribution is -0.116. The van der Waals surface area contributed by atoms with Gasteiger partial charge in [0.2, 0.25) is 5.91 Å². The highest BCUT2D eigenvalue weighted by molar-refractivity contribution is 6.30. The summed E-state index contributed by atoms with van der Waals surface area (Å²) in [4.78, 5) is 27.4. The van der Waals surface area contributed by atoms with Crippen molar-refractivity contribution in [3.05, 3.63) is 46.9 Å². The van der Waals surface area contributed by atoms with Crippen LogP contribution in [-0.4, -0.2) is 21.4 Å². The maximum absolute atomic E-state index is 11.7. The number of benzene rings is 1. The third kappa shape index (κ3) is 3.85. The topological polar surface area (TPSA) is 90.0 Å². The third-order valence-corrected chi connectivity index (χ3v) is 3.28. The van der Waals surface area contributed by atoms with Gasteiger partial charge in [0.05, 0.1) is 6.33 Å². The zero-order valence-corrected chi connectivity index (χ0v) is 12.9. The fourth-order valence-electron chi connectivity index (χ4n) is 2.11. The van der Waals surface area contributed by atoms with Crippen LogP contribution in [0.5, 0.6) is 0 Å². The molecular formula is C15H17ClN4O2. The largest absolute Gasteiger partial charge is 0.364 e. The molecule has 3 N–H and O–H groups in total. The van der Waals surface area contributed by atoms with E-state index < -0.39 is 5.91 Å². The van der Waals surface area contributed by atoms with Gasteiger partial charge in [-0.15, -0.1) is 0 Å². The Morgan fingerprint density at radius 3 is 2.82 bits per heavy atom. The number of primary amides is 1. The average molecular weight is 321 g/mol. The molecule has 0 spiro atoms. The minimum atomic E-state index is -0.647. The van der Waals surface area contributed by atoms with Crippen LogP contribution in [0.1, 0.15) is 35.8 Å². The van der Waals surface area contributed by atoms with Crippen LogP contribution in [0, 0.1) is 0 Å². The molecular weight excluding hydrogens is 304 g/mol. The molecule has 1 aromatic carbocycles. The van der Waals surface area contributed by atoms with Crippen molar-refractivity contribution >= 4 is 29.2 Å². The number of nitrogens with two attached hydrogens (primary N) is 1. The number of imidazole rings is 1. The maximum atomic E-state index is 11.7. The molecule has 0 radical (unpaired) electrons. The number of amides is 2. The monoisotopic (exact) mass is 320 g/mol. The Labute approximate surface area is 133 Å². The number of nitrogens with zero attached hydrogens (tertiary/aromatic N) is 2. The molecule has 1 heterocycles.